The SMILES string of the molecule is O=C(O)N1CCC2CCN(c3nc(Cl)nc4[nH]ccc34)C2C1. The molecule has 4 rings (SSSR count). The second-order valence-corrected chi connectivity index (χ2v) is 6.22. The number of aromatic nitrogens is 3. The summed E-state index contributed by atoms with van der Waals surface area (Å²) < 4.78 is 0. The van der Waals surface area contributed by atoms with Crippen LogP contribution in [0.15, 0.2) is 12.3 Å². The van der Waals surface area contributed by atoms with Gasteiger partial charge in [0.2, 0.25) is 5.28 Å². The zero-order valence-electron chi connectivity index (χ0n) is 11.9. The summed E-state index contributed by atoms with van der Waals surface area (Å²) in [6, 6.07) is 2.10. The molecule has 0 spiro atoms. The number of halogens is 1. The van der Waals surface area contributed by atoms with E-state index in [1.807, 2.05) is 12.3 Å². The van der Waals surface area contributed by atoms with Crippen molar-refractivity contribution in [3.8, 4) is 0 Å². The summed E-state index contributed by atoms with van der Waals surface area (Å²) in [5, 5.41) is 10.4. The van der Waals surface area contributed by atoms with Crippen molar-refractivity contribution in [1.29, 1.82) is 0 Å². The highest BCUT2D eigenvalue weighted by molar-refractivity contribution is 6.28. The summed E-state index contributed by atoms with van der Waals surface area (Å²) in [5.74, 6) is 1.31. The average Bonchev–Trinajstić information content (AvgIpc) is 3.11. The summed E-state index contributed by atoms with van der Waals surface area (Å²) >= 11 is 6.04. The smallest absolute Gasteiger partial charge is 0.407 e. The van der Waals surface area contributed by atoms with Gasteiger partial charge in [0.15, 0.2) is 0 Å². The quantitative estimate of drug-likeness (QED) is 0.786. The summed E-state index contributed by atoms with van der Waals surface area (Å²) in [4.78, 5) is 26.6. The number of anilines is 1. The Hall–Kier alpha value is -2.02. The van der Waals surface area contributed by atoms with Crippen LogP contribution in [0.4, 0.5) is 10.6 Å². The Kier molecular flexibility index (Phi) is 3.11. The van der Waals surface area contributed by atoms with E-state index in [1.54, 1.807) is 0 Å². The van der Waals surface area contributed by atoms with Crippen molar-refractivity contribution in [2.45, 2.75) is 18.9 Å². The van der Waals surface area contributed by atoms with Crippen molar-refractivity contribution >= 4 is 34.5 Å². The van der Waals surface area contributed by atoms with Gasteiger partial charge in [-0.1, -0.05) is 0 Å². The molecule has 2 aromatic heterocycles. The minimum atomic E-state index is -0.849. The zero-order valence-corrected chi connectivity index (χ0v) is 12.6. The van der Waals surface area contributed by atoms with Crippen LogP contribution >= 0.6 is 11.6 Å². The van der Waals surface area contributed by atoms with Crippen molar-refractivity contribution in [2.75, 3.05) is 24.5 Å². The van der Waals surface area contributed by atoms with Crippen LogP contribution in [0.2, 0.25) is 5.28 Å². The van der Waals surface area contributed by atoms with Gasteiger partial charge < -0.3 is 19.9 Å². The fraction of sp³-hybridized carbons (Fsp3) is 0.500. The van der Waals surface area contributed by atoms with Crippen molar-refractivity contribution in [3.05, 3.63) is 17.5 Å². The summed E-state index contributed by atoms with van der Waals surface area (Å²) in [6.07, 6.45) is 2.93. The van der Waals surface area contributed by atoms with Gasteiger partial charge in [0.1, 0.15) is 11.5 Å². The molecule has 2 aromatic rings. The van der Waals surface area contributed by atoms with Crippen molar-refractivity contribution < 1.29 is 9.90 Å². The maximum Gasteiger partial charge on any atom is 0.407 e. The number of fused-ring (bicyclic) bond motifs is 2. The molecular weight excluding hydrogens is 306 g/mol. The number of nitrogens with one attached hydrogen (secondary N) is 1. The van der Waals surface area contributed by atoms with Crippen LogP contribution < -0.4 is 4.90 Å². The van der Waals surface area contributed by atoms with Crippen LogP contribution in [0.5, 0.6) is 0 Å². The van der Waals surface area contributed by atoms with Crippen LogP contribution in [-0.2, 0) is 0 Å². The summed E-state index contributed by atoms with van der Waals surface area (Å²) in [7, 11) is 0. The third-order valence-corrected chi connectivity index (χ3v) is 4.94. The lowest BCUT2D eigenvalue weighted by molar-refractivity contribution is 0.121. The molecular formula is C14H16ClN5O2. The molecule has 0 radical (unpaired) electrons. The highest BCUT2D eigenvalue weighted by Crippen LogP contribution is 2.37. The van der Waals surface area contributed by atoms with Gasteiger partial charge in [-0.2, -0.15) is 9.97 Å². The molecule has 22 heavy (non-hydrogen) atoms. The maximum atomic E-state index is 11.3. The molecule has 2 atom stereocenters. The lowest BCUT2D eigenvalue weighted by Gasteiger charge is -2.37. The van der Waals surface area contributed by atoms with Crippen LogP contribution in [0.3, 0.4) is 0 Å². The molecule has 1 amide bonds. The number of amides is 1. The molecule has 0 aromatic carbocycles. The van der Waals surface area contributed by atoms with E-state index in [1.165, 1.54) is 4.90 Å². The Morgan fingerprint density at radius 3 is 3.00 bits per heavy atom. The van der Waals surface area contributed by atoms with Gasteiger partial charge in [0, 0.05) is 25.8 Å². The van der Waals surface area contributed by atoms with Crippen molar-refractivity contribution in [3.63, 3.8) is 0 Å². The largest absolute Gasteiger partial charge is 0.465 e. The fourth-order valence-corrected chi connectivity index (χ4v) is 3.86. The minimum absolute atomic E-state index is 0.161. The molecule has 0 aliphatic carbocycles. The number of rotatable bonds is 1. The van der Waals surface area contributed by atoms with E-state index in [9.17, 15) is 9.90 Å². The number of carbonyl (C=O) groups is 1. The maximum absolute atomic E-state index is 11.3. The molecule has 2 aliphatic heterocycles. The third-order valence-electron chi connectivity index (χ3n) is 4.77. The van der Waals surface area contributed by atoms with Crippen LogP contribution in [0.1, 0.15) is 12.8 Å². The van der Waals surface area contributed by atoms with Gasteiger partial charge >= 0.3 is 6.09 Å². The van der Waals surface area contributed by atoms with Crippen LogP contribution in [0.25, 0.3) is 11.0 Å². The Morgan fingerprint density at radius 2 is 2.18 bits per heavy atom. The van der Waals surface area contributed by atoms with Crippen LogP contribution in [-0.4, -0.2) is 56.7 Å². The average molecular weight is 322 g/mol. The molecule has 2 unspecified atom stereocenters. The number of hydrogen-bond donors (Lipinski definition) is 2. The van der Waals surface area contributed by atoms with E-state index in [0.717, 1.165) is 30.6 Å². The van der Waals surface area contributed by atoms with E-state index >= 15 is 0 Å². The highest BCUT2D eigenvalue weighted by atomic mass is 35.5. The fourth-order valence-electron chi connectivity index (χ4n) is 3.69. The van der Waals surface area contributed by atoms with E-state index in [-0.39, 0.29) is 11.3 Å². The monoisotopic (exact) mass is 321 g/mol. The van der Waals surface area contributed by atoms with E-state index in [2.05, 4.69) is 19.9 Å². The molecule has 7 nitrogen and oxygen atoms in total. The molecule has 116 valence electrons. The van der Waals surface area contributed by atoms with Crippen molar-refractivity contribution in [1.82, 2.24) is 19.9 Å². The first kappa shape index (κ1) is 13.6. The van der Waals surface area contributed by atoms with E-state index in [0.29, 0.717) is 24.7 Å². The highest BCUT2D eigenvalue weighted by Gasteiger charge is 2.40. The number of H-pyrrole nitrogens is 1. The lowest BCUT2D eigenvalue weighted by Crippen LogP contribution is -2.50. The molecule has 4 heterocycles. The van der Waals surface area contributed by atoms with Gasteiger partial charge in [-0.05, 0) is 36.4 Å². The van der Waals surface area contributed by atoms with Crippen LogP contribution in [0, 0.1) is 5.92 Å². The molecule has 8 heteroatoms. The lowest BCUT2D eigenvalue weighted by atomic mass is 9.92. The normalized spacial score (nSPS) is 24.8. The molecule has 0 saturated carbocycles. The minimum Gasteiger partial charge on any atom is -0.465 e. The summed E-state index contributed by atoms with van der Waals surface area (Å²) in [5.41, 5.74) is 0.712. The van der Waals surface area contributed by atoms with Gasteiger partial charge in [0.05, 0.1) is 11.4 Å². The Morgan fingerprint density at radius 1 is 1.36 bits per heavy atom. The zero-order chi connectivity index (χ0) is 15.3. The number of aromatic amines is 1. The van der Waals surface area contributed by atoms with Gasteiger partial charge in [-0.15, -0.1) is 0 Å². The first-order valence-electron chi connectivity index (χ1n) is 7.38. The predicted molar refractivity (Wildman–Crippen MR) is 82.4 cm³/mol. The van der Waals surface area contributed by atoms with E-state index < -0.39 is 6.09 Å². The van der Waals surface area contributed by atoms with Gasteiger partial charge in [-0.3, -0.25) is 0 Å². The standard InChI is InChI=1S/C14H16ClN5O2/c15-13-17-11-9(1-4-16-11)12(18-13)20-6-3-8-2-5-19(14(21)22)7-10(8)20/h1,4,8,10H,2-3,5-7H2,(H,21,22)(H,16,17,18). The molecule has 2 N–H and O–H groups in total. The predicted octanol–water partition coefficient (Wildman–Crippen LogP) is 2.19. The first-order chi connectivity index (χ1) is 10.6. The Labute approximate surface area is 131 Å². The molecule has 0 bridgehead atoms. The number of nitrogens with zero attached hydrogens (tertiary/aromatic N) is 4. The number of piperidine rings is 1. The first-order valence-corrected chi connectivity index (χ1v) is 7.76. The Bertz CT molecular complexity index is 733. The second kappa shape index (κ2) is 5.01. The van der Waals surface area contributed by atoms with Gasteiger partial charge in [0.25, 0.3) is 0 Å². The number of likely N-dealkylation sites (tertiary alicyclic amines) is 1. The molecule has 2 aliphatic rings. The van der Waals surface area contributed by atoms with Crippen molar-refractivity contribution in [2.24, 2.45) is 5.92 Å². The number of hydrogen-bond acceptors (Lipinski definition) is 4. The Balaban J connectivity index is 1.72. The third kappa shape index (κ3) is 2.08. The van der Waals surface area contributed by atoms with E-state index in [4.69, 9.17) is 11.6 Å². The molecule has 2 saturated heterocycles. The second-order valence-electron chi connectivity index (χ2n) is 5.88. The van der Waals surface area contributed by atoms with Gasteiger partial charge in [-0.25, -0.2) is 4.79 Å². The summed E-state index contributed by atoms with van der Waals surface area (Å²) in [6.45, 7) is 2.01. The molecule has 2 fully saturated rings. The number of carboxylic acid groups (broad SMARTS) is 1. The topological polar surface area (TPSA) is 85.3 Å².